The Labute approximate surface area is 96.1 Å². The maximum atomic E-state index is 11.8. The minimum atomic E-state index is -0.769. The van der Waals surface area contributed by atoms with Crippen LogP contribution in [0.1, 0.15) is 32.3 Å². The molecule has 0 heterocycles. The highest BCUT2D eigenvalue weighted by Crippen LogP contribution is 2.35. The number of methoxy groups -OCH3 is 1. The predicted molar refractivity (Wildman–Crippen MR) is 62.4 cm³/mol. The molecule has 0 aliphatic rings. The second kappa shape index (κ2) is 5.01. The summed E-state index contributed by atoms with van der Waals surface area (Å²) in [6, 6.07) is 6.91. The average Bonchev–Trinajstić information content (AvgIpc) is 2.28. The summed E-state index contributed by atoms with van der Waals surface area (Å²) in [6.45, 7) is 3.80. The fourth-order valence-corrected chi connectivity index (χ4v) is 2.01. The molecule has 3 nitrogen and oxygen atoms in total. The van der Waals surface area contributed by atoms with Crippen molar-refractivity contribution in [3.8, 4) is 5.75 Å². The molecule has 1 aromatic carbocycles. The van der Waals surface area contributed by atoms with Crippen LogP contribution in [0.5, 0.6) is 5.75 Å². The summed E-state index contributed by atoms with van der Waals surface area (Å²) in [5.74, 6) is -0.167. The third-order valence-corrected chi connectivity index (χ3v) is 2.88. The Kier molecular flexibility index (Phi) is 3.93. The number of carbonyl (C=O) groups excluding carboxylic acids is 1. The van der Waals surface area contributed by atoms with E-state index in [1.807, 2.05) is 13.0 Å². The Morgan fingerprint density at radius 2 is 2.06 bits per heavy atom. The molecule has 0 radical (unpaired) electrons. The Morgan fingerprint density at radius 3 is 2.56 bits per heavy atom. The summed E-state index contributed by atoms with van der Waals surface area (Å²) in [5, 5.41) is 9.81. The second-order valence-electron chi connectivity index (χ2n) is 4.09. The summed E-state index contributed by atoms with van der Waals surface area (Å²) < 4.78 is 4.83. The van der Waals surface area contributed by atoms with Gasteiger partial charge in [-0.05, 0) is 19.4 Å². The van der Waals surface area contributed by atoms with E-state index in [0.717, 1.165) is 6.42 Å². The minimum absolute atomic E-state index is 0.142. The van der Waals surface area contributed by atoms with Gasteiger partial charge in [-0.25, -0.2) is 0 Å². The van der Waals surface area contributed by atoms with E-state index in [1.54, 1.807) is 25.1 Å². The van der Waals surface area contributed by atoms with Gasteiger partial charge in [0.1, 0.15) is 5.75 Å². The van der Waals surface area contributed by atoms with Crippen LogP contribution >= 0.6 is 0 Å². The van der Waals surface area contributed by atoms with E-state index in [2.05, 4.69) is 0 Å². The molecular weight excluding hydrogens is 204 g/mol. The Hall–Kier alpha value is -1.51. The van der Waals surface area contributed by atoms with Gasteiger partial charge >= 0.3 is 5.97 Å². The fourth-order valence-electron chi connectivity index (χ4n) is 2.01. The highest BCUT2D eigenvalue weighted by molar-refractivity contribution is 5.83. The van der Waals surface area contributed by atoms with Gasteiger partial charge < -0.3 is 9.84 Å². The first-order valence-corrected chi connectivity index (χ1v) is 5.43. The van der Waals surface area contributed by atoms with Crippen LogP contribution in [0.25, 0.3) is 0 Å². The number of esters is 1. The summed E-state index contributed by atoms with van der Waals surface area (Å²) in [6.07, 6.45) is 1.50. The van der Waals surface area contributed by atoms with Gasteiger partial charge in [0.05, 0.1) is 12.5 Å². The van der Waals surface area contributed by atoms with Gasteiger partial charge in [0.25, 0.3) is 0 Å². The summed E-state index contributed by atoms with van der Waals surface area (Å²) >= 11 is 0. The molecule has 0 saturated heterocycles. The molecule has 0 saturated carbocycles. The number of phenolic OH excluding ortho intramolecular Hbond substituents is 1. The zero-order valence-corrected chi connectivity index (χ0v) is 9.99. The zero-order chi connectivity index (χ0) is 12.2. The van der Waals surface area contributed by atoms with Crippen molar-refractivity contribution in [1.82, 2.24) is 0 Å². The Morgan fingerprint density at radius 1 is 1.44 bits per heavy atom. The standard InChI is InChI=1S/C13H18O3/c1-4-9-13(2,12(15)16-3)10-7-5-6-8-11(10)14/h5-8,14H,4,9H2,1-3H3. The molecule has 0 spiro atoms. The number of hydrogen-bond donors (Lipinski definition) is 1. The maximum absolute atomic E-state index is 11.8. The van der Waals surface area contributed by atoms with Crippen molar-refractivity contribution in [3.05, 3.63) is 29.8 Å². The Balaban J connectivity index is 3.21. The summed E-state index contributed by atoms with van der Waals surface area (Å²) in [7, 11) is 1.37. The lowest BCUT2D eigenvalue weighted by Crippen LogP contribution is -2.33. The van der Waals surface area contributed by atoms with Gasteiger partial charge in [-0.3, -0.25) is 4.79 Å². The van der Waals surface area contributed by atoms with Gasteiger partial charge in [0.15, 0.2) is 0 Å². The molecular formula is C13H18O3. The fraction of sp³-hybridized carbons (Fsp3) is 0.462. The molecule has 0 aliphatic carbocycles. The minimum Gasteiger partial charge on any atom is -0.508 e. The molecule has 1 rings (SSSR count). The van der Waals surface area contributed by atoms with Crippen molar-refractivity contribution in [2.75, 3.05) is 7.11 Å². The summed E-state index contributed by atoms with van der Waals surface area (Å²) in [4.78, 5) is 11.8. The van der Waals surface area contributed by atoms with E-state index in [4.69, 9.17) is 4.74 Å². The van der Waals surface area contributed by atoms with Crippen molar-refractivity contribution >= 4 is 5.97 Å². The van der Waals surface area contributed by atoms with Gasteiger partial charge in [-0.1, -0.05) is 31.5 Å². The number of benzene rings is 1. The number of hydrogen-bond acceptors (Lipinski definition) is 3. The lowest BCUT2D eigenvalue weighted by Gasteiger charge is -2.27. The van der Waals surface area contributed by atoms with Crippen LogP contribution in [0.2, 0.25) is 0 Å². The average molecular weight is 222 g/mol. The molecule has 16 heavy (non-hydrogen) atoms. The normalized spacial score (nSPS) is 14.2. The van der Waals surface area contributed by atoms with Crippen LogP contribution < -0.4 is 0 Å². The van der Waals surface area contributed by atoms with Crippen LogP contribution in [-0.2, 0) is 14.9 Å². The van der Waals surface area contributed by atoms with E-state index < -0.39 is 5.41 Å². The lowest BCUT2D eigenvalue weighted by molar-refractivity contribution is -0.147. The van der Waals surface area contributed by atoms with E-state index >= 15 is 0 Å². The molecule has 1 aromatic rings. The predicted octanol–water partition coefficient (Wildman–Crippen LogP) is 2.62. The van der Waals surface area contributed by atoms with E-state index in [1.165, 1.54) is 7.11 Å². The first-order valence-electron chi connectivity index (χ1n) is 5.43. The van der Waals surface area contributed by atoms with Crippen LogP contribution in [0.4, 0.5) is 0 Å². The molecule has 0 aromatic heterocycles. The molecule has 1 N–H and O–H groups in total. The van der Waals surface area contributed by atoms with Crippen LogP contribution in [-0.4, -0.2) is 18.2 Å². The molecule has 0 aliphatic heterocycles. The van der Waals surface area contributed by atoms with Crippen molar-refractivity contribution in [1.29, 1.82) is 0 Å². The Bertz CT molecular complexity index is 373. The number of carbonyl (C=O) groups is 1. The lowest BCUT2D eigenvalue weighted by atomic mass is 9.78. The number of rotatable bonds is 4. The molecule has 1 unspecified atom stereocenters. The van der Waals surface area contributed by atoms with Gasteiger partial charge in [0.2, 0.25) is 0 Å². The highest BCUT2D eigenvalue weighted by Gasteiger charge is 2.37. The summed E-state index contributed by atoms with van der Waals surface area (Å²) in [5.41, 5.74) is -0.141. The second-order valence-corrected chi connectivity index (χ2v) is 4.09. The molecule has 88 valence electrons. The molecule has 1 atom stereocenters. The van der Waals surface area contributed by atoms with Crippen LogP contribution in [0, 0.1) is 0 Å². The molecule has 0 fully saturated rings. The SMILES string of the molecule is CCCC(C)(C(=O)OC)c1ccccc1O. The molecule has 0 amide bonds. The number of phenols is 1. The van der Waals surface area contributed by atoms with Gasteiger partial charge in [0, 0.05) is 5.56 Å². The van der Waals surface area contributed by atoms with Crippen molar-refractivity contribution in [2.24, 2.45) is 0 Å². The van der Waals surface area contributed by atoms with E-state index in [0.29, 0.717) is 12.0 Å². The molecule has 3 heteroatoms. The van der Waals surface area contributed by atoms with Crippen molar-refractivity contribution in [2.45, 2.75) is 32.1 Å². The third kappa shape index (κ3) is 2.18. The largest absolute Gasteiger partial charge is 0.508 e. The number of aromatic hydroxyl groups is 1. The smallest absolute Gasteiger partial charge is 0.316 e. The topological polar surface area (TPSA) is 46.5 Å². The van der Waals surface area contributed by atoms with Crippen LogP contribution in [0.15, 0.2) is 24.3 Å². The number of ether oxygens (including phenoxy) is 1. The first-order chi connectivity index (χ1) is 7.56. The van der Waals surface area contributed by atoms with E-state index in [9.17, 15) is 9.90 Å². The van der Waals surface area contributed by atoms with E-state index in [-0.39, 0.29) is 11.7 Å². The first kappa shape index (κ1) is 12.6. The van der Waals surface area contributed by atoms with Crippen LogP contribution in [0.3, 0.4) is 0 Å². The quantitative estimate of drug-likeness (QED) is 0.796. The van der Waals surface area contributed by atoms with Crippen molar-refractivity contribution < 1.29 is 14.6 Å². The van der Waals surface area contributed by atoms with Gasteiger partial charge in [-0.2, -0.15) is 0 Å². The highest BCUT2D eigenvalue weighted by atomic mass is 16.5. The number of para-hydroxylation sites is 1. The monoisotopic (exact) mass is 222 g/mol. The third-order valence-electron chi connectivity index (χ3n) is 2.88. The maximum Gasteiger partial charge on any atom is 0.316 e. The molecule has 0 bridgehead atoms. The zero-order valence-electron chi connectivity index (χ0n) is 9.99. The van der Waals surface area contributed by atoms with Gasteiger partial charge in [-0.15, -0.1) is 0 Å². The van der Waals surface area contributed by atoms with Crippen molar-refractivity contribution in [3.63, 3.8) is 0 Å².